The van der Waals surface area contributed by atoms with E-state index in [0.717, 1.165) is 0 Å². The zero-order chi connectivity index (χ0) is 18.0. The molecule has 143 valence electrons. The quantitative estimate of drug-likeness (QED) is 0.288. The van der Waals surface area contributed by atoms with Gasteiger partial charge in [-0.2, -0.15) is 0 Å². The zero-order valence-electron chi connectivity index (χ0n) is 17.4. The average molecular weight is 354 g/mol. The van der Waals surface area contributed by atoms with Crippen LogP contribution in [0, 0.1) is 0 Å². The predicted molar refractivity (Wildman–Crippen MR) is 113 cm³/mol. The molecular formula is C21H45N2Si. The molecule has 0 fully saturated rings. The van der Waals surface area contributed by atoms with E-state index in [1.54, 1.807) is 0 Å². The van der Waals surface area contributed by atoms with Crippen LogP contribution in [-0.4, -0.2) is 44.4 Å². The van der Waals surface area contributed by atoms with Gasteiger partial charge in [-0.25, -0.2) is 0 Å². The van der Waals surface area contributed by atoms with Crippen molar-refractivity contribution in [2.75, 3.05) is 26.2 Å². The van der Waals surface area contributed by atoms with Gasteiger partial charge >= 0.3 is 0 Å². The van der Waals surface area contributed by atoms with Crippen LogP contribution in [0.3, 0.4) is 0 Å². The first-order valence-electron chi connectivity index (χ1n) is 10.8. The summed E-state index contributed by atoms with van der Waals surface area (Å²) in [5.74, 6) is 0. The lowest BCUT2D eigenvalue weighted by Gasteiger charge is -2.36. The molecule has 0 aliphatic rings. The van der Waals surface area contributed by atoms with Gasteiger partial charge in [0, 0.05) is 0 Å². The van der Waals surface area contributed by atoms with Gasteiger partial charge in [0.2, 0.25) is 0 Å². The van der Waals surface area contributed by atoms with Crippen molar-refractivity contribution in [1.82, 2.24) is 9.13 Å². The van der Waals surface area contributed by atoms with Crippen LogP contribution in [0.1, 0.15) is 98.8 Å². The topological polar surface area (TPSA) is 6.48 Å². The fraction of sp³-hybridized carbons (Fsp3) is 0.905. The number of allylic oxidation sites excluding steroid dienone is 1. The van der Waals surface area contributed by atoms with E-state index in [1.165, 1.54) is 90.4 Å². The van der Waals surface area contributed by atoms with Crippen LogP contribution in [0.25, 0.3) is 0 Å². The second-order valence-electron chi connectivity index (χ2n) is 6.94. The highest BCUT2D eigenvalue weighted by Gasteiger charge is 2.25. The van der Waals surface area contributed by atoms with E-state index in [-0.39, 0.29) is 0 Å². The summed E-state index contributed by atoms with van der Waals surface area (Å²) in [6.45, 7) is 16.7. The van der Waals surface area contributed by atoms with Crippen molar-refractivity contribution in [2.45, 2.75) is 98.8 Å². The smallest absolute Gasteiger partial charge is 0.258 e. The first-order valence-corrected chi connectivity index (χ1v) is 12.2. The molecule has 0 saturated heterocycles. The number of nitrogens with zero attached hydrogens (tertiary/aromatic N) is 2. The SMILES string of the molecule is CCCC=C[Si](N(CCCC)CCCC)N(CCCC)CCCC. The molecule has 0 amide bonds. The molecule has 0 aliphatic heterocycles. The van der Waals surface area contributed by atoms with E-state index in [0.29, 0.717) is 0 Å². The third-order valence-corrected chi connectivity index (χ3v) is 7.22. The third-order valence-electron chi connectivity index (χ3n) is 4.50. The monoisotopic (exact) mass is 353 g/mol. The van der Waals surface area contributed by atoms with Gasteiger partial charge in [0.15, 0.2) is 0 Å². The summed E-state index contributed by atoms with van der Waals surface area (Å²) in [7, 11) is -0.698. The Morgan fingerprint density at radius 3 is 1.25 bits per heavy atom. The molecule has 24 heavy (non-hydrogen) atoms. The molecule has 2 nitrogen and oxygen atoms in total. The molecule has 0 rings (SSSR count). The van der Waals surface area contributed by atoms with Crippen molar-refractivity contribution in [2.24, 2.45) is 0 Å². The Labute approximate surface area is 155 Å². The first-order chi connectivity index (χ1) is 11.7. The number of hydrogen-bond acceptors (Lipinski definition) is 2. The van der Waals surface area contributed by atoms with E-state index in [2.05, 4.69) is 55.5 Å². The van der Waals surface area contributed by atoms with Crippen LogP contribution in [0.15, 0.2) is 11.8 Å². The van der Waals surface area contributed by atoms with Crippen LogP contribution in [0.5, 0.6) is 0 Å². The summed E-state index contributed by atoms with van der Waals surface area (Å²) in [6, 6.07) is 0. The maximum atomic E-state index is 2.86. The third kappa shape index (κ3) is 11.4. The Hall–Kier alpha value is -0.123. The highest BCUT2D eigenvalue weighted by atomic mass is 28.3. The Bertz CT molecular complexity index is 245. The maximum absolute atomic E-state index is 2.86. The number of unbranched alkanes of at least 4 members (excludes halogenated alkanes) is 5. The van der Waals surface area contributed by atoms with Crippen LogP contribution in [0.4, 0.5) is 0 Å². The second-order valence-corrected chi connectivity index (χ2v) is 9.25. The lowest BCUT2D eigenvalue weighted by molar-refractivity contribution is 0.332. The van der Waals surface area contributed by atoms with E-state index >= 15 is 0 Å². The number of hydrogen-bond donors (Lipinski definition) is 0. The van der Waals surface area contributed by atoms with Crippen LogP contribution >= 0.6 is 0 Å². The highest BCUT2D eigenvalue weighted by Crippen LogP contribution is 2.12. The van der Waals surface area contributed by atoms with Crippen LogP contribution in [-0.2, 0) is 0 Å². The molecule has 0 aromatic heterocycles. The largest absolute Gasteiger partial charge is 0.308 e. The molecule has 0 unspecified atom stereocenters. The minimum absolute atomic E-state index is 0.698. The average Bonchev–Trinajstić information content (AvgIpc) is 2.60. The molecule has 0 atom stereocenters. The van der Waals surface area contributed by atoms with Crippen molar-refractivity contribution in [3.05, 3.63) is 11.8 Å². The van der Waals surface area contributed by atoms with Gasteiger partial charge in [0.1, 0.15) is 0 Å². The summed E-state index contributed by atoms with van der Waals surface area (Å²) in [4.78, 5) is 0. The Balaban J connectivity index is 5.16. The minimum Gasteiger partial charge on any atom is -0.308 e. The fourth-order valence-electron chi connectivity index (χ4n) is 2.84. The molecule has 0 heterocycles. The summed E-state index contributed by atoms with van der Waals surface area (Å²) in [5.41, 5.74) is 2.62. The standard InChI is InChI=1S/C21H45N2Si/c1-6-11-16-21-24(22(17-12-7-2)18-13-8-3)23(19-14-9-4)20-15-10-5/h16,21H,6-15,17-20H2,1-5H3. The summed E-state index contributed by atoms with van der Waals surface area (Å²) < 4.78 is 5.71. The molecule has 0 saturated carbocycles. The molecular weight excluding hydrogens is 308 g/mol. The van der Waals surface area contributed by atoms with Crippen LogP contribution in [0.2, 0.25) is 0 Å². The highest BCUT2D eigenvalue weighted by molar-refractivity contribution is 6.58. The summed E-state index contributed by atoms with van der Waals surface area (Å²) in [6.07, 6.45) is 15.6. The van der Waals surface area contributed by atoms with Gasteiger partial charge in [-0.05, 0) is 58.3 Å². The lowest BCUT2D eigenvalue weighted by atomic mass is 10.3. The molecule has 0 aromatic rings. The van der Waals surface area contributed by atoms with E-state index in [4.69, 9.17) is 0 Å². The van der Waals surface area contributed by atoms with Crippen molar-refractivity contribution in [3.63, 3.8) is 0 Å². The second kappa shape index (κ2) is 17.7. The molecule has 0 N–H and O–H groups in total. The van der Waals surface area contributed by atoms with Crippen molar-refractivity contribution < 1.29 is 0 Å². The van der Waals surface area contributed by atoms with E-state index < -0.39 is 9.12 Å². The lowest BCUT2D eigenvalue weighted by Crippen LogP contribution is -2.53. The Morgan fingerprint density at radius 1 is 0.583 bits per heavy atom. The van der Waals surface area contributed by atoms with Crippen molar-refractivity contribution >= 4 is 9.12 Å². The minimum atomic E-state index is -0.698. The van der Waals surface area contributed by atoms with Crippen molar-refractivity contribution in [3.8, 4) is 0 Å². The van der Waals surface area contributed by atoms with Gasteiger partial charge < -0.3 is 9.13 Å². The zero-order valence-corrected chi connectivity index (χ0v) is 18.4. The molecule has 3 heteroatoms. The van der Waals surface area contributed by atoms with Gasteiger partial charge in [-0.15, -0.1) is 0 Å². The Morgan fingerprint density at radius 2 is 0.958 bits per heavy atom. The van der Waals surface area contributed by atoms with E-state index in [1.807, 2.05) is 0 Å². The van der Waals surface area contributed by atoms with Gasteiger partial charge in [0.25, 0.3) is 9.12 Å². The van der Waals surface area contributed by atoms with Gasteiger partial charge in [-0.3, -0.25) is 0 Å². The molecule has 0 bridgehead atoms. The first kappa shape index (κ1) is 23.9. The Kier molecular flexibility index (Phi) is 17.6. The molecule has 0 spiro atoms. The summed E-state index contributed by atoms with van der Waals surface area (Å²) in [5, 5.41) is 0. The molecule has 0 aliphatic carbocycles. The molecule has 0 aromatic carbocycles. The summed E-state index contributed by atoms with van der Waals surface area (Å²) >= 11 is 0. The predicted octanol–water partition coefficient (Wildman–Crippen LogP) is 6.17. The van der Waals surface area contributed by atoms with Gasteiger partial charge in [0.05, 0.1) is 0 Å². The van der Waals surface area contributed by atoms with E-state index in [9.17, 15) is 0 Å². The van der Waals surface area contributed by atoms with Crippen LogP contribution < -0.4 is 0 Å². The molecule has 1 radical (unpaired) electrons. The fourth-order valence-corrected chi connectivity index (χ4v) is 5.59. The van der Waals surface area contributed by atoms with Crippen molar-refractivity contribution in [1.29, 1.82) is 0 Å². The van der Waals surface area contributed by atoms with Gasteiger partial charge in [-0.1, -0.05) is 78.5 Å². The normalized spacial score (nSPS) is 12.3. The number of rotatable bonds is 17. The maximum Gasteiger partial charge on any atom is 0.258 e.